The molecular weight excluding hydrogens is 596 g/mol. The SMILES string of the molecule is CCC1(CC)C(=O)NC(=O)NC1=O.Nc1nc(N)nc(N(c2ccc(Br)cc2)c2ccc(Br)cc2)n1. The number of carbonyl (C=O) groups is 3. The van der Waals surface area contributed by atoms with Gasteiger partial charge in [-0.15, -0.1) is 0 Å². The number of hydrogen-bond donors (Lipinski definition) is 4. The summed E-state index contributed by atoms with van der Waals surface area (Å²) in [6.45, 7) is 3.50. The first-order valence-electron chi connectivity index (χ1n) is 10.8. The van der Waals surface area contributed by atoms with Crippen molar-refractivity contribution in [3.05, 3.63) is 57.5 Å². The standard InChI is InChI=1S/C15H12Br2N6.C8H12N2O3/c16-9-1-5-11(6-2-9)23(12-7-3-10(17)4-8-12)15-21-13(18)20-14(19)22-15;1-3-8(4-2)5(11)9-7(13)10-6(8)12/h1-8H,(H4,18,19,20,21,22);3-4H2,1-2H3,(H2,9,10,11,12,13). The number of hydrogen-bond acceptors (Lipinski definition) is 9. The Bertz CT molecular complexity index is 1180. The van der Waals surface area contributed by atoms with Crippen molar-refractivity contribution in [2.24, 2.45) is 5.41 Å². The summed E-state index contributed by atoms with van der Waals surface area (Å²) in [6.07, 6.45) is 0.795. The van der Waals surface area contributed by atoms with E-state index in [1.165, 1.54) is 0 Å². The number of amides is 4. The summed E-state index contributed by atoms with van der Waals surface area (Å²) in [5, 5.41) is 4.19. The summed E-state index contributed by atoms with van der Waals surface area (Å²) < 4.78 is 1.96. The summed E-state index contributed by atoms with van der Waals surface area (Å²) in [6, 6.07) is 14.8. The van der Waals surface area contributed by atoms with Crippen molar-refractivity contribution in [1.82, 2.24) is 25.6 Å². The second kappa shape index (κ2) is 11.4. The van der Waals surface area contributed by atoms with Crippen LogP contribution in [0.1, 0.15) is 26.7 Å². The van der Waals surface area contributed by atoms with Crippen molar-refractivity contribution in [2.45, 2.75) is 26.7 Å². The smallest absolute Gasteiger partial charge is 0.328 e. The molecular formula is C23H24Br2N8O3. The lowest BCUT2D eigenvalue weighted by Crippen LogP contribution is -2.61. The van der Waals surface area contributed by atoms with Gasteiger partial charge < -0.3 is 11.5 Å². The third-order valence-corrected chi connectivity index (χ3v) is 6.62. The molecule has 36 heavy (non-hydrogen) atoms. The zero-order valence-corrected chi connectivity index (χ0v) is 22.6. The molecule has 0 radical (unpaired) electrons. The van der Waals surface area contributed by atoms with Crippen LogP contribution in [0.25, 0.3) is 0 Å². The van der Waals surface area contributed by atoms with E-state index >= 15 is 0 Å². The first-order valence-corrected chi connectivity index (χ1v) is 12.4. The van der Waals surface area contributed by atoms with Crippen LogP contribution in [-0.2, 0) is 9.59 Å². The fourth-order valence-corrected chi connectivity index (χ4v) is 4.06. The molecule has 0 bridgehead atoms. The monoisotopic (exact) mass is 618 g/mol. The molecule has 4 amide bonds. The molecule has 0 unspecified atom stereocenters. The van der Waals surface area contributed by atoms with Gasteiger partial charge in [-0.3, -0.25) is 25.1 Å². The molecule has 0 saturated carbocycles. The Hall–Kier alpha value is -3.58. The zero-order valence-electron chi connectivity index (χ0n) is 19.5. The maximum atomic E-state index is 11.4. The Labute approximate surface area is 224 Å². The van der Waals surface area contributed by atoms with Crippen molar-refractivity contribution in [2.75, 3.05) is 16.4 Å². The van der Waals surface area contributed by atoms with Crippen molar-refractivity contribution in [3.8, 4) is 0 Å². The van der Waals surface area contributed by atoms with Gasteiger partial charge in [0.05, 0.1) is 0 Å². The van der Waals surface area contributed by atoms with Gasteiger partial charge in [-0.2, -0.15) is 15.0 Å². The number of benzene rings is 2. The molecule has 0 atom stereocenters. The lowest BCUT2D eigenvalue weighted by molar-refractivity contribution is -0.144. The van der Waals surface area contributed by atoms with Gasteiger partial charge in [0.25, 0.3) is 0 Å². The Morgan fingerprint density at radius 3 is 1.50 bits per heavy atom. The predicted octanol–water partition coefficient (Wildman–Crippen LogP) is 4.19. The van der Waals surface area contributed by atoms with E-state index in [2.05, 4.69) is 57.4 Å². The Kier molecular flexibility index (Phi) is 8.58. The van der Waals surface area contributed by atoms with Crippen molar-refractivity contribution < 1.29 is 14.4 Å². The number of imide groups is 2. The first-order chi connectivity index (χ1) is 17.1. The number of carbonyl (C=O) groups excluding carboxylic acids is 3. The highest BCUT2D eigenvalue weighted by Crippen LogP contribution is 2.34. The number of nitrogens with one attached hydrogen (secondary N) is 2. The van der Waals surface area contributed by atoms with Gasteiger partial charge in [-0.1, -0.05) is 45.7 Å². The zero-order chi connectivity index (χ0) is 26.5. The van der Waals surface area contributed by atoms with Crippen LogP contribution in [0.2, 0.25) is 0 Å². The first kappa shape index (κ1) is 27.0. The van der Waals surface area contributed by atoms with E-state index in [1.54, 1.807) is 13.8 Å². The second-order valence-electron chi connectivity index (χ2n) is 7.67. The Morgan fingerprint density at radius 1 is 0.750 bits per heavy atom. The number of nitrogens with two attached hydrogens (primary N) is 2. The van der Waals surface area contributed by atoms with Gasteiger partial charge in [0.2, 0.25) is 29.7 Å². The second-order valence-corrected chi connectivity index (χ2v) is 9.50. The van der Waals surface area contributed by atoms with Gasteiger partial charge >= 0.3 is 6.03 Å². The van der Waals surface area contributed by atoms with Crippen LogP contribution in [0.4, 0.5) is 34.0 Å². The van der Waals surface area contributed by atoms with Gasteiger partial charge in [-0.25, -0.2) is 4.79 Å². The highest BCUT2D eigenvalue weighted by atomic mass is 79.9. The normalized spacial score (nSPS) is 14.3. The summed E-state index contributed by atoms with van der Waals surface area (Å²) in [7, 11) is 0. The average Bonchev–Trinajstić information content (AvgIpc) is 2.82. The Balaban J connectivity index is 0.000000236. The molecule has 11 nitrogen and oxygen atoms in total. The van der Waals surface area contributed by atoms with E-state index in [4.69, 9.17) is 11.5 Å². The third kappa shape index (κ3) is 5.97. The van der Waals surface area contributed by atoms with Crippen LogP contribution in [0.5, 0.6) is 0 Å². The fraction of sp³-hybridized carbons (Fsp3) is 0.217. The number of rotatable bonds is 5. The van der Waals surface area contributed by atoms with Crippen LogP contribution in [0, 0.1) is 5.41 Å². The summed E-state index contributed by atoms with van der Waals surface area (Å²) in [5.41, 5.74) is 12.1. The van der Waals surface area contributed by atoms with Crippen molar-refractivity contribution in [1.29, 1.82) is 0 Å². The minimum absolute atomic E-state index is 0.0757. The molecule has 4 rings (SSSR count). The van der Waals surface area contributed by atoms with E-state index in [-0.39, 0.29) is 11.9 Å². The van der Waals surface area contributed by atoms with E-state index < -0.39 is 23.3 Å². The van der Waals surface area contributed by atoms with Gasteiger partial charge in [0.15, 0.2) is 0 Å². The molecule has 1 saturated heterocycles. The lowest BCUT2D eigenvalue weighted by atomic mass is 9.79. The molecule has 2 heterocycles. The molecule has 3 aromatic rings. The summed E-state index contributed by atoms with van der Waals surface area (Å²) in [5.74, 6) is -0.476. The quantitative estimate of drug-likeness (QED) is 0.306. The predicted molar refractivity (Wildman–Crippen MR) is 143 cm³/mol. The summed E-state index contributed by atoms with van der Waals surface area (Å²) in [4.78, 5) is 47.7. The van der Waals surface area contributed by atoms with E-state index in [0.29, 0.717) is 18.8 Å². The number of barbiturate groups is 1. The molecule has 0 spiro atoms. The molecule has 1 aromatic heterocycles. The van der Waals surface area contributed by atoms with Crippen molar-refractivity contribution >= 4 is 78.9 Å². The molecule has 2 aromatic carbocycles. The lowest BCUT2D eigenvalue weighted by Gasteiger charge is -2.31. The van der Waals surface area contributed by atoms with Crippen LogP contribution >= 0.6 is 31.9 Å². The number of urea groups is 1. The minimum Gasteiger partial charge on any atom is -0.368 e. The molecule has 188 valence electrons. The molecule has 1 aliphatic rings. The minimum atomic E-state index is -1.06. The fourth-order valence-electron chi connectivity index (χ4n) is 3.53. The third-order valence-electron chi connectivity index (χ3n) is 5.56. The number of nitrogens with zero attached hydrogens (tertiary/aromatic N) is 4. The molecule has 1 aliphatic heterocycles. The van der Waals surface area contributed by atoms with Crippen LogP contribution in [-0.4, -0.2) is 32.8 Å². The highest BCUT2D eigenvalue weighted by molar-refractivity contribution is 9.10. The van der Waals surface area contributed by atoms with E-state index in [1.807, 2.05) is 53.4 Å². The van der Waals surface area contributed by atoms with Crippen LogP contribution in [0.3, 0.4) is 0 Å². The van der Waals surface area contributed by atoms with Crippen molar-refractivity contribution in [3.63, 3.8) is 0 Å². The maximum absolute atomic E-state index is 11.4. The number of anilines is 5. The van der Waals surface area contributed by atoms with Gasteiger partial charge in [0.1, 0.15) is 5.41 Å². The number of nitrogen functional groups attached to an aromatic ring is 2. The molecule has 13 heteroatoms. The number of aromatic nitrogens is 3. The number of halogens is 2. The Morgan fingerprint density at radius 2 is 1.14 bits per heavy atom. The van der Waals surface area contributed by atoms with Crippen LogP contribution in [0.15, 0.2) is 57.5 Å². The maximum Gasteiger partial charge on any atom is 0.328 e. The average molecular weight is 620 g/mol. The molecule has 0 aliphatic carbocycles. The van der Waals surface area contributed by atoms with E-state index in [9.17, 15) is 14.4 Å². The molecule has 6 N–H and O–H groups in total. The van der Waals surface area contributed by atoms with Crippen LogP contribution < -0.4 is 27.0 Å². The van der Waals surface area contributed by atoms with Gasteiger partial charge in [-0.05, 0) is 61.4 Å². The topological polar surface area (TPSA) is 169 Å². The largest absolute Gasteiger partial charge is 0.368 e. The molecule has 1 fully saturated rings. The summed E-state index contributed by atoms with van der Waals surface area (Å²) >= 11 is 6.87. The van der Waals surface area contributed by atoms with E-state index in [0.717, 1.165) is 20.3 Å². The van der Waals surface area contributed by atoms with Gasteiger partial charge in [0, 0.05) is 20.3 Å². The highest BCUT2D eigenvalue weighted by Gasteiger charge is 2.47.